The van der Waals surface area contributed by atoms with Gasteiger partial charge >= 0.3 is 0 Å². The molecule has 2 N–H and O–H groups in total. The van der Waals surface area contributed by atoms with Crippen LogP contribution in [-0.2, 0) is 16.0 Å². The summed E-state index contributed by atoms with van der Waals surface area (Å²) < 4.78 is 13.2. The van der Waals surface area contributed by atoms with Gasteiger partial charge < -0.3 is 19.9 Å². The fourth-order valence-electron chi connectivity index (χ4n) is 4.57. The Bertz CT molecular complexity index is 1220. The van der Waals surface area contributed by atoms with Gasteiger partial charge in [-0.3, -0.25) is 4.79 Å². The van der Waals surface area contributed by atoms with Gasteiger partial charge in [-0.15, -0.1) is 0 Å². The molecule has 0 saturated heterocycles. The molecular weight excluding hydrogens is 544 g/mol. The summed E-state index contributed by atoms with van der Waals surface area (Å²) in [6.07, 6.45) is 3.39. The van der Waals surface area contributed by atoms with Crippen LogP contribution in [0.1, 0.15) is 55.4 Å². The van der Waals surface area contributed by atoms with Gasteiger partial charge in [-0.25, -0.2) is 4.99 Å². The van der Waals surface area contributed by atoms with Crippen LogP contribution in [-0.4, -0.2) is 42.2 Å². The highest BCUT2D eigenvalue weighted by atomic mass is 79.9. The van der Waals surface area contributed by atoms with Crippen LogP contribution in [0, 0.1) is 0 Å². The van der Waals surface area contributed by atoms with Crippen LogP contribution in [0.5, 0.6) is 5.75 Å². The van der Waals surface area contributed by atoms with Crippen LogP contribution in [0.3, 0.4) is 0 Å². The van der Waals surface area contributed by atoms with Gasteiger partial charge in [0.15, 0.2) is 11.6 Å². The van der Waals surface area contributed by atoms with Gasteiger partial charge in [0.2, 0.25) is 5.90 Å². The quantitative estimate of drug-likeness (QED) is 0.243. The van der Waals surface area contributed by atoms with E-state index in [1.54, 1.807) is 0 Å². The number of hydrogen-bond acceptors (Lipinski definition) is 5. The number of rotatable bonds is 13. The molecule has 0 saturated carbocycles. The van der Waals surface area contributed by atoms with Crippen LogP contribution < -0.4 is 10.1 Å². The Labute approximate surface area is 233 Å². The molecule has 1 aliphatic heterocycles. The Balaban J connectivity index is 1.73. The lowest BCUT2D eigenvalue weighted by Crippen LogP contribution is -2.50. The van der Waals surface area contributed by atoms with Crippen LogP contribution in [0.4, 0.5) is 0 Å². The summed E-state index contributed by atoms with van der Waals surface area (Å²) in [5, 5.41) is 12.2. The average Bonchev–Trinajstić information content (AvgIpc) is 3.34. The molecule has 3 aromatic rings. The maximum atomic E-state index is 14.1. The Morgan fingerprint density at radius 3 is 2.47 bits per heavy atom. The summed E-state index contributed by atoms with van der Waals surface area (Å²) in [6.45, 7) is 3.27. The first-order valence-corrected chi connectivity index (χ1v) is 14.0. The monoisotopic (exact) mass is 578 g/mol. The lowest BCUT2D eigenvalue weighted by Gasteiger charge is -2.31. The van der Waals surface area contributed by atoms with Crippen molar-refractivity contribution in [2.24, 2.45) is 4.99 Å². The number of nitrogens with zero attached hydrogens (tertiary/aromatic N) is 1. The van der Waals surface area contributed by atoms with E-state index in [1.807, 2.05) is 78.9 Å². The van der Waals surface area contributed by atoms with Gasteiger partial charge in [0.1, 0.15) is 5.75 Å². The second kappa shape index (κ2) is 13.6. The van der Waals surface area contributed by atoms with E-state index < -0.39 is 11.6 Å². The van der Waals surface area contributed by atoms with E-state index in [2.05, 4.69) is 28.2 Å². The lowest BCUT2D eigenvalue weighted by molar-refractivity contribution is -0.128. The van der Waals surface area contributed by atoms with Crippen molar-refractivity contribution in [3.63, 3.8) is 0 Å². The SMILES string of the molecule is CCCCCNC(=O)[C@]1(Cc2ccccc2Br)N=C(c2ccc(OCCCO)cc2)O[C@@H]1c1ccccc1. The highest BCUT2D eigenvalue weighted by Crippen LogP contribution is 2.43. The number of aliphatic imine (C=N–C) groups is 1. The molecule has 4 rings (SSSR count). The Kier molecular flexibility index (Phi) is 9.96. The summed E-state index contributed by atoms with van der Waals surface area (Å²) in [7, 11) is 0. The minimum absolute atomic E-state index is 0.0870. The van der Waals surface area contributed by atoms with Crippen molar-refractivity contribution < 1.29 is 19.4 Å². The summed E-state index contributed by atoms with van der Waals surface area (Å²) in [5.41, 5.74) is 1.46. The summed E-state index contributed by atoms with van der Waals surface area (Å²) in [5.74, 6) is 0.988. The molecule has 0 fully saturated rings. The number of halogens is 1. The van der Waals surface area contributed by atoms with Crippen LogP contribution >= 0.6 is 15.9 Å². The Morgan fingerprint density at radius 2 is 1.76 bits per heavy atom. The average molecular weight is 580 g/mol. The van der Waals surface area contributed by atoms with Crippen molar-refractivity contribution >= 4 is 27.7 Å². The number of unbranched alkanes of at least 4 members (excludes halogenated alkanes) is 2. The zero-order chi connectivity index (χ0) is 26.8. The van der Waals surface area contributed by atoms with E-state index >= 15 is 0 Å². The minimum Gasteiger partial charge on any atom is -0.494 e. The minimum atomic E-state index is -1.19. The number of aliphatic hydroxyl groups excluding tert-OH is 1. The zero-order valence-electron chi connectivity index (χ0n) is 21.7. The first kappa shape index (κ1) is 27.9. The standard InChI is InChI=1S/C31H35BrN2O4/c1-2-3-9-19-33-30(36)31(22-25-13-7-8-14-27(25)32)28(23-11-5-4-6-12-23)38-29(34-31)24-15-17-26(18-16-24)37-21-10-20-35/h4-8,11-18,28,35H,2-3,9-10,19-22H2,1H3,(H,33,36)/t28-,31-/m1/s1. The molecule has 0 unspecified atom stereocenters. The zero-order valence-corrected chi connectivity index (χ0v) is 23.3. The molecule has 200 valence electrons. The lowest BCUT2D eigenvalue weighted by atomic mass is 9.82. The third-order valence-electron chi connectivity index (χ3n) is 6.62. The third-order valence-corrected chi connectivity index (χ3v) is 7.39. The predicted octanol–water partition coefficient (Wildman–Crippen LogP) is 6.02. The largest absolute Gasteiger partial charge is 0.494 e. The van der Waals surface area contributed by atoms with Gasteiger partial charge in [0, 0.05) is 36.0 Å². The smallest absolute Gasteiger partial charge is 0.252 e. The molecule has 0 radical (unpaired) electrons. The van der Waals surface area contributed by atoms with E-state index in [0.717, 1.165) is 40.4 Å². The number of amides is 1. The number of hydrogen-bond donors (Lipinski definition) is 2. The summed E-state index contributed by atoms with van der Waals surface area (Å²) in [6, 6.07) is 25.3. The number of aliphatic hydroxyl groups is 1. The van der Waals surface area contributed by atoms with Gasteiger partial charge in [-0.2, -0.15) is 0 Å². The third kappa shape index (κ3) is 6.63. The molecule has 6 nitrogen and oxygen atoms in total. The van der Waals surface area contributed by atoms with E-state index in [0.29, 0.717) is 37.6 Å². The fourth-order valence-corrected chi connectivity index (χ4v) is 5.00. The van der Waals surface area contributed by atoms with E-state index in [9.17, 15) is 4.79 Å². The molecule has 7 heteroatoms. The van der Waals surface area contributed by atoms with Crippen LogP contribution in [0.15, 0.2) is 88.3 Å². The van der Waals surface area contributed by atoms with Crippen LogP contribution in [0.25, 0.3) is 0 Å². The van der Waals surface area contributed by atoms with Gasteiger partial charge in [-0.05, 0) is 47.9 Å². The molecule has 38 heavy (non-hydrogen) atoms. The van der Waals surface area contributed by atoms with Crippen molar-refractivity contribution in [3.8, 4) is 5.75 Å². The Morgan fingerprint density at radius 1 is 1.03 bits per heavy atom. The Hall–Kier alpha value is -3.16. The maximum absolute atomic E-state index is 14.1. The normalized spacial score (nSPS) is 18.5. The molecule has 2 atom stereocenters. The van der Waals surface area contributed by atoms with Gasteiger partial charge in [0.05, 0.1) is 6.61 Å². The highest BCUT2D eigenvalue weighted by Gasteiger charge is 2.53. The van der Waals surface area contributed by atoms with Gasteiger partial charge in [-0.1, -0.05) is 84.2 Å². The van der Waals surface area contributed by atoms with Crippen molar-refractivity contribution in [1.82, 2.24) is 5.32 Å². The topological polar surface area (TPSA) is 80.2 Å². The molecule has 1 aliphatic rings. The first-order chi connectivity index (χ1) is 18.6. The van der Waals surface area contributed by atoms with E-state index in [4.69, 9.17) is 19.6 Å². The van der Waals surface area contributed by atoms with Crippen molar-refractivity contribution in [3.05, 3.63) is 100 Å². The molecule has 3 aromatic carbocycles. The van der Waals surface area contributed by atoms with E-state index in [1.165, 1.54) is 0 Å². The molecule has 0 bridgehead atoms. The fraction of sp³-hybridized carbons (Fsp3) is 0.355. The van der Waals surface area contributed by atoms with E-state index in [-0.39, 0.29) is 12.5 Å². The first-order valence-electron chi connectivity index (χ1n) is 13.2. The predicted molar refractivity (Wildman–Crippen MR) is 154 cm³/mol. The second-order valence-electron chi connectivity index (χ2n) is 9.43. The molecule has 0 aliphatic carbocycles. The van der Waals surface area contributed by atoms with Gasteiger partial charge in [0.25, 0.3) is 5.91 Å². The number of ether oxygens (including phenoxy) is 2. The van der Waals surface area contributed by atoms with Crippen molar-refractivity contribution in [2.45, 2.75) is 50.7 Å². The maximum Gasteiger partial charge on any atom is 0.252 e. The second-order valence-corrected chi connectivity index (χ2v) is 10.3. The summed E-state index contributed by atoms with van der Waals surface area (Å²) >= 11 is 3.67. The molecular formula is C31H35BrN2O4. The van der Waals surface area contributed by atoms with Crippen molar-refractivity contribution in [1.29, 1.82) is 0 Å². The number of nitrogens with one attached hydrogen (secondary N) is 1. The number of carbonyl (C=O) groups excluding carboxylic acids is 1. The number of carbonyl (C=O) groups is 1. The molecule has 1 heterocycles. The molecule has 0 aromatic heterocycles. The van der Waals surface area contributed by atoms with Crippen LogP contribution in [0.2, 0.25) is 0 Å². The van der Waals surface area contributed by atoms with Crippen molar-refractivity contribution in [2.75, 3.05) is 19.8 Å². The molecule has 0 spiro atoms. The number of benzene rings is 3. The summed E-state index contributed by atoms with van der Waals surface area (Å²) in [4.78, 5) is 19.1. The highest BCUT2D eigenvalue weighted by molar-refractivity contribution is 9.10. The molecule has 1 amide bonds.